The second-order valence-corrected chi connectivity index (χ2v) is 7.81. The van der Waals surface area contributed by atoms with Crippen LogP contribution < -0.4 is 5.56 Å². The number of aromatic nitrogens is 3. The van der Waals surface area contributed by atoms with Gasteiger partial charge in [-0.2, -0.15) is 29.5 Å². The second-order valence-electron chi connectivity index (χ2n) is 7.03. The highest BCUT2D eigenvalue weighted by molar-refractivity contribution is 7.08. The molecule has 0 bridgehead atoms. The number of halogens is 3. The van der Waals surface area contributed by atoms with Gasteiger partial charge in [-0.25, -0.2) is 0 Å². The highest BCUT2D eigenvalue weighted by atomic mass is 32.1. The fraction of sp³-hybridized carbons (Fsp3) is 0.368. The summed E-state index contributed by atoms with van der Waals surface area (Å²) >= 11 is 1.54. The van der Waals surface area contributed by atoms with E-state index in [-0.39, 0.29) is 0 Å². The lowest BCUT2D eigenvalue weighted by atomic mass is 10.2. The quantitative estimate of drug-likeness (QED) is 0.590. The van der Waals surface area contributed by atoms with E-state index >= 15 is 0 Å². The molecule has 164 valence electrons. The standard InChI is InChI=1S/C19H18F3N5O3S/c20-19(21,22)14-2-1-4-27(18(14)29)11-16(28)26-7-5-25(6-8-26)10-15-23-17(24-30-15)13-3-9-31-12-13/h1-4,9,12H,5-8,10-11H2. The summed E-state index contributed by atoms with van der Waals surface area (Å²) < 4.78 is 44.8. The van der Waals surface area contributed by atoms with E-state index in [1.165, 1.54) is 22.4 Å². The first-order valence-corrected chi connectivity index (χ1v) is 10.4. The van der Waals surface area contributed by atoms with Gasteiger partial charge in [-0.3, -0.25) is 14.5 Å². The Kier molecular flexibility index (Phi) is 5.92. The SMILES string of the molecule is O=C(Cn1cccc(C(F)(F)F)c1=O)N1CCN(Cc2nc(-c3ccsc3)no2)CC1. The number of carbonyl (C=O) groups excluding carboxylic acids is 1. The first-order chi connectivity index (χ1) is 14.8. The molecular formula is C19H18F3N5O3S. The molecule has 0 radical (unpaired) electrons. The van der Waals surface area contributed by atoms with Crippen LogP contribution in [-0.4, -0.2) is 56.6 Å². The predicted octanol–water partition coefficient (Wildman–Crippen LogP) is 2.32. The van der Waals surface area contributed by atoms with Crippen LogP contribution in [-0.2, 0) is 24.1 Å². The third-order valence-electron chi connectivity index (χ3n) is 4.96. The Morgan fingerprint density at radius 3 is 2.65 bits per heavy atom. The van der Waals surface area contributed by atoms with Crippen LogP contribution in [0.5, 0.6) is 0 Å². The number of pyridine rings is 1. The zero-order valence-electron chi connectivity index (χ0n) is 16.2. The zero-order chi connectivity index (χ0) is 22.0. The van der Waals surface area contributed by atoms with Crippen LogP contribution in [0.15, 0.2) is 44.5 Å². The molecule has 1 aliphatic rings. The van der Waals surface area contributed by atoms with E-state index in [1.54, 1.807) is 0 Å². The van der Waals surface area contributed by atoms with Gasteiger partial charge in [-0.05, 0) is 23.6 Å². The highest BCUT2D eigenvalue weighted by Gasteiger charge is 2.34. The third kappa shape index (κ3) is 4.85. The molecule has 0 N–H and O–H groups in total. The van der Waals surface area contributed by atoms with Crippen molar-refractivity contribution >= 4 is 17.2 Å². The van der Waals surface area contributed by atoms with E-state index in [1.807, 2.05) is 21.7 Å². The number of hydrogen-bond donors (Lipinski definition) is 0. The second kappa shape index (κ2) is 8.63. The number of nitrogens with zero attached hydrogens (tertiary/aromatic N) is 5. The third-order valence-corrected chi connectivity index (χ3v) is 5.65. The molecule has 0 saturated carbocycles. The summed E-state index contributed by atoms with van der Waals surface area (Å²) in [7, 11) is 0. The van der Waals surface area contributed by atoms with Crippen LogP contribution in [0, 0.1) is 0 Å². The summed E-state index contributed by atoms with van der Waals surface area (Å²) in [5.74, 6) is 0.590. The molecule has 3 aromatic rings. The number of hydrogen-bond acceptors (Lipinski definition) is 7. The molecule has 4 rings (SSSR count). The van der Waals surface area contributed by atoms with Crippen molar-refractivity contribution in [3.63, 3.8) is 0 Å². The molecule has 4 heterocycles. The molecule has 0 unspecified atom stereocenters. The molecule has 31 heavy (non-hydrogen) atoms. The Morgan fingerprint density at radius 2 is 1.97 bits per heavy atom. The minimum Gasteiger partial charge on any atom is -0.339 e. The van der Waals surface area contributed by atoms with Gasteiger partial charge in [-0.15, -0.1) is 0 Å². The maximum atomic E-state index is 12.9. The Balaban J connectivity index is 1.32. The molecule has 0 atom stereocenters. The molecule has 1 saturated heterocycles. The summed E-state index contributed by atoms with van der Waals surface area (Å²) in [5.41, 5.74) is -1.62. The van der Waals surface area contributed by atoms with Crippen molar-refractivity contribution in [1.82, 2.24) is 24.5 Å². The van der Waals surface area contributed by atoms with Crippen LogP contribution in [0.4, 0.5) is 13.2 Å². The van der Waals surface area contributed by atoms with E-state index in [0.29, 0.717) is 50.5 Å². The minimum absolute atomic E-state index is 0.387. The largest absolute Gasteiger partial charge is 0.421 e. The molecule has 0 aromatic carbocycles. The van der Waals surface area contributed by atoms with Gasteiger partial charge in [0, 0.05) is 43.3 Å². The molecule has 12 heteroatoms. The average molecular weight is 453 g/mol. The number of rotatable bonds is 5. The molecule has 1 amide bonds. The van der Waals surface area contributed by atoms with Crippen molar-refractivity contribution in [2.75, 3.05) is 26.2 Å². The number of alkyl halides is 3. The van der Waals surface area contributed by atoms with Crippen LogP contribution in [0.25, 0.3) is 11.4 Å². The predicted molar refractivity (Wildman–Crippen MR) is 105 cm³/mol. The maximum Gasteiger partial charge on any atom is 0.421 e. The van der Waals surface area contributed by atoms with Crippen LogP contribution >= 0.6 is 11.3 Å². The number of thiophene rings is 1. The van der Waals surface area contributed by atoms with Crippen molar-refractivity contribution in [1.29, 1.82) is 0 Å². The first-order valence-electron chi connectivity index (χ1n) is 9.43. The van der Waals surface area contributed by atoms with Gasteiger partial charge in [0.1, 0.15) is 12.1 Å². The van der Waals surface area contributed by atoms with Gasteiger partial charge < -0.3 is 14.0 Å². The first kappa shape index (κ1) is 21.2. The van der Waals surface area contributed by atoms with Gasteiger partial charge >= 0.3 is 6.18 Å². The summed E-state index contributed by atoms with van der Waals surface area (Å²) in [6, 6.07) is 3.73. The van der Waals surface area contributed by atoms with Crippen molar-refractivity contribution in [2.45, 2.75) is 19.3 Å². The number of carbonyl (C=O) groups is 1. The lowest BCUT2D eigenvalue weighted by molar-refractivity contribution is -0.140. The average Bonchev–Trinajstić information content (AvgIpc) is 3.41. The van der Waals surface area contributed by atoms with Crippen LogP contribution in [0.3, 0.4) is 0 Å². The van der Waals surface area contributed by atoms with Gasteiger partial charge in [0.25, 0.3) is 5.56 Å². The number of piperazine rings is 1. The minimum atomic E-state index is -4.76. The molecule has 3 aromatic heterocycles. The fourth-order valence-electron chi connectivity index (χ4n) is 3.30. The number of amides is 1. The van der Waals surface area contributed by atoms with Gasteiger partial charge in [0.15, 0.2) is 0 Å². The topological polar surface area (TPSA) is 84.5 Å². The Morgan fingerprint density at radius 1 is 1.19 bits per heavy atom. The highest BCUT2D eigenvalue weighted by Crippen LogP contribution is 2.26. The van der Waals surface area contributed by atoms with E-state index in [2.05, 4.69) is 10.1 Å². The monoisotopic (exact) mass is 453 g/mol. The van der Waals surface area contributed by atoms with Crippen molar-refractivity contribution < 1.29 is 22.5 Å². The fourth-order valence-corrected chi connectivity index (χ4v) is 3.93. The Hall–Kier alpha value is -2.99. The molecule has 1 aliphatic heterocycles. The lowest BCUT2D eigenvalue weighted by Crippen LogP contribution is -2.49. The lowest BCUT2D eigenvalue weighted by Gasteiger charge is -2.34. The van der Waals surface area contributed by atoms with Crippen molar-refractivity contribution in [3.8, 4) is 11.4 Å². The van der Waals surface area contributed by atoms with Gasteiger partial charge in [-0.1, -0.05) is 5.16 Å². The molecule has 0 spiro atoms. The van der Waals surface area contributed by atoms with E-state index < -0.39 is 29.8 Å². The molecule has 1 fully saturated rings. The normalized spacial score (nSPS) is 15.4. The van der Waals surface area contributed by atoms with Crippen molar-refractivity contribution in [2.24, 2.45) is 0 Å². The molecule has 0 aliphatic carbocycles. The summed E-state index contributed by atoms with van der Waals surface area (Å²) in [5, 5.41) is 7.81. The Labute approximate surface area is 178 Å². The summed E-state index contributed by atoms with van der Waals surface area (Å²) in [6.45, 7) is 1.86. The van der Waals surface area contributed by atoms with Crippen LogP contribution in [0.1, 0.15) is 11.5 Å². The summed E-state index contributed by atoms with van der Waals surface area (Å²) in [6.07, 6.45) is -3.57. The molecule has 8 nitrogen and oxygen atoms in total. The van der Waals surface area contributed by atoms with E-state index in [4.69, 9.17) is 4.52 Å². The molecular weight excluding hydrogens is 435 g/mol. The maximum absolute atomic E-state index is 12.9. The Bertz CT molecular complexity index is 1100. The summed E-state index contributed by atoms with van der Waals surface area (Å²) in [4.78, 5) is 32.5. The van der Waals surface area contributed by atoms with Crippen molar-refractivity contribution in [3.05, 3.63) is 57.0 Å². The van der Waals surface area contributed by atoms with Gasteiger partial charge in [0.05, 0.1) is 6.54 Å². The van der Waals surface area contributed by atoms with Gasteiger partial charge in [0.2, 0.25) is 17.6 Å². The van der Waals surface area contributed by atoms with E-state index in [0.717, 1.165) is 16.2 Å². The zero-order valence-corrected chi connectivity index (χ0v) is 17.0. The van der Waals surface area contributed by atoms with Crippen LogP contribution in [0.2, 0.25) is 0 Å². The van der Waals surface area contributed by atoms with E-state index in [9.17, 15) is 22.8 Å². The smallest absolute Gasteiger partial charge is 0.339 e.